The van der Waals surface area contributed by atoms with Crippen molar-refractivity contribution in [2.75, 3.05) is 23.3 Å². The average molecular weight is 504 g/mol. The summed E-state index contributed by atoms with van der Waals surface area (Å²) in [5, 5.41) is 7.94. The van der Waals surface area contributed by atoms with Crippen LogP contribution in [-0.4, -0.2) is 35.1 Å². The molecule has 0 radical (unpaired) electrons. The monoisotopic (exact) mass is 503 g/mol. The summed E-state index contributed by atoms with van der Waals surface area (Å²) in [6.45, 7) is 4.12. The molecule has 6 nitrogen and oxygen atoms in total. The fraction of sp³-hybridized carbons (Fsp3) is 0.348. The van der Waals surface area contributed by atoms with Crippen molar-refractivity contribution in [1.82, 2.24) is 15.3 Å². The molecule has 1 aromatic carbocycles. The van der Waals surface area contributed by atoms with Gasteiger partial charge < -0.3 is 15.5 Å². The Bertz CT molecular complexity index is 1140. The minimum atomic E-state index is -2.93. The molecule has 2 aromatic heterocycles. The summed E-state index contributed by atoms with van der Waals surface area (Å²) >= 11 is 3.37. The number of urea groups is 1. The number of hydrogen-bond donors (Lipinski definition) is 2. The maximum absolute atomic E-state index is 13.5. The minimum absolute atomic E-state index is 0.0163. The van der Waals surface area contributed by atoms with Crippen LogP contribution in [0.5, 0.6) is 0 Å². The van der Waals surface area contributed by atoms with E-state index in [9.17, 15) is 13.6 Å². The van der Waals surface area contributed by atoms with Gasteiger partial charge in [0, 0.05) is 60.5 Å². The zero-order chi connectivity index (χ0) is 22.9. The number of amides is 2. The van der Waals surface area contributed by atoms with E-state index >= 15 is 0 Å². The number of piperidine rings is 1. The Morgan fingerprint density at radius 1 is 1.19 bits per heavy atom. The van der Waals surface area contributed by atoms with Crippen LogP contribution in [0, 0.1) is 6.92 Å². The number of benzene rings is 1. The number of rotatable bonds is 4. The molecule has 1 saturated heterocycles. The van der Waals surface area contributed by atoms with Crippen LogP contribution in [0.4, 0.5) is 25.1 Å². The zero-order valence-corrected chi connectivity index (χ0v) is 19.4. The number of carbonyl (C=O) groups is 1. The molecule has 2 amide bonds. The summed E-state index contributed by atoms with van der Waals surface area (Å²) in [4.78, 5) is 23.2. The smallest absolute Gasteiger partial charge is 0.319 e. The molecule has 0 saturated carbocycles. The highest BCUT2D eigenvalue weighted by molar-refractivity contribution is 9.10. The number of hydrogen-bond acceptors (Lipinski definition) is 4. The number of pyridine rings is 2. The highest BCUT2D eigenvalue weighted by Gasteiger charge is 2.28. The van der Waals surface area contributed by atoms with Gasteiger partial charge in [-0.15, -0.1) is 0 Å². The second-order valence-corrected chi connectivity index (χ2v) is 8.93. The van der Waals surface area contributed by atoms with E-state index in [1.54, 1.807) is 6.20 Å². The Hall–Kier alpha value is -2.81. The Labute approximate surface area is 193 Å². The summed E-state index contributed by atoms with van der Waals surface area (Å²) in [5.74, 6) is -2.29. The topological polar surface area (TPSA) is 70.2 Å². The molecular weight excluding hydrogens is 480 g/mol. The van der Waals surface area contributed by atoms with Crippen molar-refractivity contribution in [2.24, 2.45) is 0 Å². The molecule has 32 heavy (non-hydrogen) atoms. The molecule has 0 bridgehead atoms. The first-order chi connectivity index (χ1) is 15.2. The molecule has 4 rings (SSSR count). The van der Waals surface area contributed by atoms with Crippen molar-refractivity contribution in [3.63, 3.8) is 0 Å². The molecule has 1 aliphatic heterocycles. The van der Waals surface area contributed by atoms with E-state index in [1.807, 2.05) is 36.1 Å². The van der Waals surface area contributed by atoms with Crippen LogP contribution in [-0.2, 0) is 5.92 Å². The van der Waals surface area contributed by atoms with Crippen molar-refractivity contribution in [2.45, 2.75) is 38.7 Å². The second kappa shape index (κ2) is 8.97. The third-order valence-electron chi connectivity index (χ3n) is 5.71. The summed E-state index contributed by atoms with van der Waals surface area (Å²) in [5.41, 5.74) is 1.53. The summed E-state index contributed by atoms with van der Waals surface area (Å²) in [7, 11) is 0. The molecular formula is C23H24BrF2N5O. The van der Waals surface area contributed by atoms with E-state index in [0.717, 1.165) is 41.9 Å². The predicted octanol–water partition coefficient (Wildman–Crippen LogP) is 5.60. The highest BCUT2D eigenvalue weighted by atomic mass is 79.9. The van der Waals surface area contributed by atoms with Crippen molar-refractivity contribution in [1.29, 1.82) is 0 Å². The number of anilines is 2. The van der Waals surface area contributed by atoms with Gasteiger partial charge in [-0.3, -0.25) is 4.98 Å². The minimum Gasteiger partial charge on any atom is -0.356 e. The number of alkyl halides is 2. The quantitative estimate of drug-likeness (QED) is 0.485. The molecule has 9 heteroatoms. The van der Waals surface area contributed by atoms with Crippen LogP contribution >= 0.6 is 15.9 Å². The third kappa shape index (κ3) is 4.82. The largest absolute Gasteiger partial charge is 0.356 e. The first-order valence-electron chi connectivity index (χ1n) is 10.4. The van der Waals surface area contributed by atoms with Crippen molar-refractivity contribution in [3.8, 4) is 0 Å². The van der Waals surface area contributed by atoms with Crippen molar-refractivity contribution < 1.29 is 13.6 Å². The Balaban J connectivity index is 1.36. The fourth-order valence-corrected chi connectivity index (χ4v) is 4.55. The first-order valence-corrected chi connectivity index (χ1v) is 11.2. The van der Waals surface area contributed by atoms with Crippen molar-refractivity contribution >= 4 is 44.2 Å². The lowest BCUT2D eigenvalue weighted by Crippen LogP contribution is -2.46. The highest BCUT2D eigenvalue weighted by Crippen LogP contribution is 2.33. The molecule has 2 N–H and O–H groups in total. The van der Waals surface area contributed by atoms with Gasteiger partial charge in [0.2, 0.25) is 0 Å². The molecule has 3 heterocycles. The molecule has 0 unspecified atom stereocenters. The number of nitrogens with zero attached hydrogens (tertiary/aromatic N) is 3. The Morgan fingerprint density at radius 2 is 1.94 bits per heavy atom. The maximum Gasteiger partial charge on any atom is 0.319 e. The van der Waals surface area contributed by atoms with Crippen LogP contribution in [0.15, 0.2) is 47.2 Å². The Kier molecular flexibility index (Phi) is 6.28. The molecule has 0 spiro atoms. The lowest BCUT2D eigenvalue weighted by Gasteiger charge is -2.33. The summed E-state index contributed by atoms with van der Waals surface area (Å²) in [6, 6.07) is 8.83. The van der Waals surface area contributed by atoms with Gasteiger partial charge in [0.15, 0.2) is 0 Å². The molecule has 3 aromatic rings. The number of carbonyl (C=O) groups excluding carboxylic acids is 1. The number of nitrogens with one attached hydrogen (secondary N) is 2. The first kappa shape index (κ1) is 22.4. The summed E-state index contributed by atoms with van der Waals surface area (Å²) in [6.07, 6.45) is 4.41. The molecule has 1 fully saturated rings. The van der Waals surface area contributed by atoms with Crippen LogP contribution < -0.4 is 15.5 Å². The van der Waals surface area contributed by atoms with Crippen LogP contribution in [0.1, 0.15) is 31.0 Å². The molecule has 0 atom stereocenters. The van der Waals surface area contributed by atoms with Crippen molar-refractivity contribution in [3.05, 3.63) is 58.5 Å². The normalized spacial score (nSPS) is 15.1. The SMILES string of the molecule is Cc1nccc2c(NC(=O)NC3CCN(c4ncc(C(C)(F)F)cc4Br)CC3)cccc12. The lowest BCUT2D eigenvalue weighted by molar-refractivity contribution is 0.0171. The zero-order valence-electron chi connectivity index (χ0n) is 17.8. The van der Waals surface area contributed by atoms with Gasteiger partial charge in [0.25, 0.3) is 5.92 Å². The summed E-state index contributed by atoms with van der Waals surface area (Å²) < 4.78 is 27.6. The van der Waals surface area contributed by atoms with E-state index in [-0.39, 0.29) is 17.6 Å². The van der Waals surface area contributed by atoms with E-state index in [4.69, 9.17) is 0 Å². The van der Waals surface area contributed by atoms with Crippen LogP contribution in [0.2, 0.25) is 0 Å². The van der Waals surface area contributed by atoms with Gasteiger partial charge in [-0.1, -0.05) is 12.1 Å². The number of fused-ring (bicyclic) bond motifs is 1. The number of halogens is 3. The third-order valence-corrected chi connectivity index (χ3v) is 6.30. The van der Waals surface area contributed by atoms with Gasteiger partial charge in [-0.2, -0.15) is 0 Å². The number of aromatic nitrogens is 2. The Morgan fingerprint density at radius 3 is 2.62 bits per heavy atom. The molecule has 1 aliphatic rings. The van der Waals surface area contributed by atoms with Gasteiger partial charge in [0.1, 0.15) is 5.82 Å². The standard InChI is InChI=1S/C23H24BrF2N5O/c1-14-17-4-3-5-20(18(17)6-9-27-14)30-22(32)29-16-7-10-31(11-8-16)21-19(24)12-15(13-28-21)23(2,25)26/h3-6,9,12-13,16H,7-8,10-11H2,1-2H3,(H2,29,30,32). The van der Waals surface area contributed by atoms with E-state index < -0.39 is 5.92 Å². The fourth-order valence-electron chi connectivity index (χ4n) is 3.95. The van der Waals surface area contributed by atoms with Gasteiger partial charge >= 0.3 is 6.03 Å². The van der Waals surface area contributed by atoms with Crippen LogP contribution in [0.3, 0.4) is 0 Å². The van der Waals surface area contributed by atoms with E-state index in [1.165, 1.54) is 12.3 Å². The molecule has 168 valence electrons. The van der Waals surface area contributed by atoms with E-state index in [0.29, 0.717) is 23.4 Å². The second-order valence-electron chi connectivity index (χ2n) is 8.07. The van der Waals surface area contributed by atoms with Gasteiger partial charge in [-0.05, 0) is 53.9 Å². The number of aryl methyl sites for hydroxylation is 1. The van der Waals surface area contributed by atoms with E-state index in [2.05, 4.69) is 36.5 Å². The lowest BCUT2D eigenvalue weighted by atomic mass is 10.0. The van der Waals surface area contributed by atoms with Crippen LogP contribution in [0.25, 0.3) is 10.8 Å². The maximum atomic E-state index is 13.5. The van der Waals surface area contributed by atoms with Gasteiger partial charge in [-0.25, -0.2) is 18.6 Å². The average Bonchev–Trinajstić information content (AvgIpc) is 2.74. The predicted molar refractivity (Wildman–Crippen MR) is 125 cm³/mol. The van der Waals surface area contributed by atoms with Gasteiger partial charge in [0.05, 0.1) is 10.2 Å². The molecule has 0 aliphatic carbocycles.